The molecule has 0 heterocycles. The second kappa shape index (κ2) is 3.79. The van der Waals surface area contributed by atoms with Crippen LogP contribution in [0.1, 0.15) is 40.5 Å². The molecule has 1 N–H and O–H groups in total. The van der Waals surface area contributed by atoms with Gasteiger partial charge >= 0.3 is 0 Å². The summed E-state index contributed by atoms with van der Waals surface area (Å²) < 4.78 is 0. The molecule has 1 aliphatic rings. The molecule has 1 rings (SSSR count). The molecule has 1 aliphatic carbocycles. The zero-order valence-electron chi connectivity index (χ0n) is 8.57. The van der Waals surface area contributed by atoms with Gasteiger partial charge in [0.25, 0.3) is 0 Å². The van der Waals surface area contributed by atoms with Gasteiger partial charge in [0.05, 0.1) is 0 Å². The maximum Gasteiger partial charge on any atom is 0.0357 e. The molecule has 68 valence electrons. The first-order valence-corrected chi connectivity index (χ1v) is 4.74. The maximum absolute atomic E-state index is 3.49. The molecule has 12 heavy (non-hydrogen) atoms. The Balaban J connectivity index is 2.76. The number of rotatable bonds is 2. The van der Waals surface area contributed by atoms with E-state index in [4.69, 9.17) is 0 Å². The van der Waals surface area contributed by atoms with Crippen molar-refractivity contribution in [2.45, 2.75) is 46.6 Å². The molecule has 0 unspecified atom stereocenters. The zero-order valence-corrected chi connectivity index (χ0v) is 8.57. The van der Waals surface area contributed by atoms with Gasteiger partial charge in [-0.05, 0) is 51.7 Å². The fourth-order valence-corrected chi connectivity index (χ4v) is 1.59. The van der Waals surface area contributed by atoms with Gasteiger partial charge in [-0.1, -0.05) is 6.08 Å². The smallest absolute Gasteiger partial charge is 0.0357 e. The third-order valence-corrected chi connectivity index (χ3v) is 2.22. The fourth-order valence-electron chi connectivity index (χ4n) is 1.59. The van der Waals surface area contributed by atoms with Crippen LogP contribution < -0.4 is 5.32 Å². The first-order valence-electron chi connectivity index (χ1n) is 4.74. The van der Waals surface area contributed by atoms with Gasteiger partial charge in [-0.3, -0.25) is 0 Å². The fraction of sp³-hybridized carbons (Fsp3) is 0.636. The third-order valence-electron chi connectivity index (χ3n) is 2.22. The summed E-state index contributed by atoms with van der Waals surface area (Å²) in [4.78, 5) is 0. The van der Waals surface area contributed by atoms with Crippen molar-refractivity contribution < 1.29 is 0 Å². The average Bonchev–Trinajstić information content (AvgIpc) is 1.97. The molecule has 1 nitrogen and oxygen atoms in total. The van der Waals surface area contributed by atoms with E-state index in [2.05, 4.69) is 39.1 Å². The molecule has 0 saturated heterocycles. The Labute approximate surface area is 75.6 Å². The van der Waals surface area contributed by atoms with E-state index in [0.29, 0.717) is 6.04 Å². The van der Waals surface area contributed by atoms with Crippen LogP contribution in [0.15, 0.2) is 22.9 Å². The Morgan fingerprint density at radius 1 is 1.33 bits per heavy atom. The lowest BCUT2D eigenvalue weighted by Crippen LogP contribution is -2.24. The second-order valence-corrected chi connectivity index (χ2v) is 3.88. The highest BCUT2D eigenvalue weighted by molar-refractivity contribution is 5.35. The number of hydrogen-bond donors (Lipinski definition) is 1. The van der Waals surface area contributed by atoms with Crippen molar-refractivity contribution in [3.8, 4) is 0 Å². The Bertz CT molecular complexity index is 221. The van der Waals surface area contributed by atoms with E-state index in [9.17, 15) is 0 Å². The summed E-state index contributed by atoms with van der Waals surface area (Å²) in [5.41, 5.74) is 4.28. The minimum absolute atomic E-state index is 0.538. The van der Waals surface area contributed by atoms with Crippen molar-refractivity contribution in [1.29, 1.82) is 0 Å². The van der Waals surface area contributed by atoms with Crippen molar-refractivity contribution in [2.24, 2.45) is 0 Å². The molecule has 0 aromatic heterocycles. The third kappa shape index (κ3) is 2.13. The summed E-state index contributed by atoms with van der Waals surface area (Å²) in [5, 5.41) is 3.49. The van der Waals surface area contributed by atoms with Crippen molar-refractivity contribution in [3.63, 3.8) is 0 Å². The molecule has 0 aromatic carbocycles. The van der Waals surface area contributed by atoms with Crippen LogP contribution in [0.2, 0.25) is 0 Å². The van der Waals surface area contributed by atoms with Gasteiger partial charge in [0.2, 0.25) is 0 Å². The van der Waals surface area contributed by atoms with E-state index < -0.39 is 0 Å². The molecule has 0 atom stereocenters. The zero-order chi connectivity index (χ0) is 9.14. The summed E-state index contributed by atoms with van der Waals surface area (Å²) in [5.74, 6) is 0. The number of allylic oxidation sites excluding steroid dienone is 3. The van der Waals surface area contributed by atoms with Gasteiger partial charge in [0, 0.05) is 11.7 Å². The summed E-state index contributed by atoms with van der Waals surface area (Å²) >= 11 is 0. The minimum atomic E-state index is 0.538. The molecule has 0 fully saturated rings. The summed E-state index contributed by atoms with van der Waals surface area (Å²) in [6, 6.07) is 0.538. The number of hydrogen-bond acceptors (Lipinski definition) is 1. The Morgan fingerprint density at radius 2 is 2.00 bits per heavy atom. The van der Waals surface area contributed by atoms with Gasteiger partial charge in [-0.2, -0.15) is 0 Å². The molecule has 0 aliphatic heterocycles. The lowest BCUT2D eigenvalue weighted by atomic mass is 9.97. The molecule has 0 aromatic rings. The molecule has 0 amide bonds. The van der Waals surface area contributed by atoms with Crippen LogP contribution in [-0.2, 0) is 0 Å². The van der Waals surface area contributed by atoms with E-state index in [1.54, 1.807) is 0 Å². The van der Waals surface area contributed by atoms with Gasteiger partial charge in [-0.15, -0.1) is 0 Å². The molecule has 0 saturated carbocycles. The average molecular weight is 165 g/mol. The molecular weight excluding hydrogens is 146 g/mol. The Morgan fingerprint density at radius 3 is 2.50 bits per heavy atom. The quantitative estimate of drug-likeness (QED) is 0.663. The predicted molar refractivity (Wildman–Crippen MR) is 54.0 cm³/mol. The van der Waals surface area contributed by atoms with Crippen LogP contribution in [0.3, 0.4) is 0 Å². The van der Waals surface area contributed by atoms with Gasteiger partial charge < -0.3 is 5.32 Å². The normalized spacial score (nSPS) is 18.2. The van der Waals surface area contributed by atoms with Crippen LogP contribution in [0.25, 0.3) is 0 Å². The Hall–Kier alpha value is -0.720. The summed E-state index contributed by atoms with van der Waals surface area (Å²) in [6.45, 7) is 8.78. The van der Waals surface area contributed by atoms with Crippen LogP contribution in [0.4, 0.5) is 0 Å². The molecular formula is C11H19N. The van der Waals surface area contributed by atoms with Gasteiger partial charge in [0.1, 0.15) is 0 Å². The molecule has 0 spiro atoms. The van der Waals surface area contributed by atoms with Crippen LogP contribution in [0.5, 0.6) is 0 Å². The molecule has 0 radical (unpaired) electrons. The van der Waals surface area contributed by atoms with E-state index in [1.165, 1.54) is 29.7 Å². The standard InChI is InChI=1S/C11H19N/c1-8(2)12-11-9(3)6-5-7-10(11)4/h6,8,12H,5,7H2,1-4H3. The van der Waals surface area contributed by atoms with Crippen molar-refractivity contribution in [3.05, 3.63) is 22.9 Å². The first-order chi connectivity index (χ1) is 5.61. The van der Waals surface area contributed by atoms with E-state index in [0.717, 1.165) is 0 Å². The SMILES string of the molecule is CC1=CCCC(C)=C1NC(C)C. The molecule has 1 heteroatoms. The lowest BCUT2D eigenvalue weighted by molar-refractivity contribution is 0.657. The monoisotopic (exact) mass is 165 g/mol. The summed E-state index contributed by atoms with van der Waals surface area (Å²) in [6.07, 6.45) is 4.74. The highest BCUT2D eigenvalue weighted by atomic mass is 14.9. The number of nitrogens with one attached hydrogen (secondary N) is 1. The second-order valence-electron chi connectivity index (χ2n) is 3.88. The van der Waals surface area contributed by atoms with E-state index in [1.807, 2.05) is 0 Å². The minimum Gasteiger partial charge on any atom is -0.383 e. The Kier molecular flexibility index (Phi) is 2.96. The lowest BCUT2D eigenvalue weighted by Gasteiger charge is -2.21. The van der Waals surface area contributed by atoms with Crippen LogP contribution in [-0.4, -0.2) is 6.04 Å². The largest absolute Gasteiger partial charge is 0.383 e. The van der Waals surface area contributed by atoms with Gasteiger partial charge in [-0.25, -0.2) is 0 Å². The van der Waals surface area contributed by atoms with Crippen molar-refractivity contribution >= 4 is 0 Å². The van der Waals surface area contributed by atoms with Crippen LogP contribution >= 0.6 is 0 Å². The molecule has 0 bridgehead atoms. The van der Waals surface area contributed by atoms with Crippen LogP contribution in [0, 0.1) is 0 Å². The van der Waals surface area contributed by atoms with Crippen molar-refractivity contribution in [2.75, 3.05) is 0 Å². The van der Waals surface area contributed by atoms with Crippen molar-refractivity contribution in [1.82, 2.24) is 5.32 Å². The topological polar surface area (TPSA) is 12.0 Å². The predicted octanol–water partition coefficient (Wildman–Crippen LogP) is 3.00. The highest BCUT2D eigenvalue weighted by Crippen LogP contribution is 2.22. The van der Waals surface area contributed by atoms with E-state index >= 15 is 0 Å². The summed E-state index contributed by atoms with van der Waals surface area (Å²) in [7, 11) is 0. The highest BCUT2D eigenvalue weighted by Gasteiger charge is 2.09. The maximum atomic E-state index is 3.49. The first kappa shape index (κ1) is 9.37. The van der Waals surface area contributed by atoms with E-state index in [-0.39, 0.29) is 0 Å². The van der Waals surface area contributed by atoms with Gasteiger partial charge in [0.15, 0.2) is 0 Å².